The molecular weight excluding hydrogens is 763 g/mol. The molecule has 1 spiro atoms. The quantitative estimate of drug-likeness (QED) is 0.168. The van der Waals surface area contributed by atoms with Crippen molar-refractivity contribution in [2.75, 3.05) is 27.3 Å². The summed E-state index contributed by atoms with van der Waals surface area (Å²) in [5.41, 5.74) is 7.18. The summed E-state index contributed by atoms with van der Waals surface area (Å²) in [6.45, 7) is 9.18. The van der Waals surface area contributed by atoms with Crippen molar-refractivity contribution in [2.45, 2.75) is 115 Å². The van der Waals surface area contributed by atoms with E-state index >= 15 is 0 Å². The van der Waals surface area contributed by atoms with Gasteiger partial charge < -0.3 is 39.6 Å². The minimum Gasteiger partial charge on any atom is -0.457 e. The highest BCUT2D eigenvalue weighted by Gasteiger charge is 2.52. The number of allylic oxidation sites excluding steroid dienone is 1. The number of aromatic nitrogens is 2. The fourth-order valence-corrected chi connectivity index (χ4v) is 9.56. The number of nitrogens with zero attached hydrogens (tertiary/aromatic N) is 4. The van der Waals surface area contributed by atoms with E-state index < -0.39 is 24.3 Å². The number of hydrogen-bond acceptors (Lipinski definition) is 9. The summed E-state index contributed by atoms with van der Waals surface area (Å²) in [5, 5.41) is 5.55. The number of carbonyl (C=O) groups is 4. The average molecular weight is 820 g/mol. The number of nitrogens with one attached hydrogen (secondary N) is 3. The molecule has 0 unspecified atom stereocenters. The van der Waals surface area contributed by atoms with E-state index in [1.165, 1.54) is 19.8 Å². The van der Waals surface area contributed by atoms with Gasteiger partial charge in [-0.3, -0.25) is 14.6 Å². The van der Waals surface area contributed by atoms with Crippen LogP contribution in [-0.2, 0) is 24.5 Å². The second kappa shape index (κ2) is 16.8. The van der Waals surface area contributed by atoms with Gasteiger partial charge in [0.1, 0.15) is 29.4 Å². The molecule has 5 heterocycles. The number of alkyl carbamates (subject to hydrolysis) is 2. The van der Waals surface area contributed by atoms with E-state index in [1.807, 2.05) is 56.0 Å². The molecule has 5 aliphatic rings. The maximum atomic E-state index is 13.9. The van der Waals surface area contributed by atoms with Gasteiger partial charge in [0.25, 0.3) is 0 Å². The van der Waals surface area contributed by atoms with Crippen molar-refractivity contribution in [3.05, 3.63) is 71.3 Å². The highest BCUT2D eigenvalue weighted by molar-refractivity contribution is 6.04. The van der Waals surface area contributed by atoms with Crippen LogP contribution in [0.5, 0.6) is 11.5 Å². The number of methoxy groups -OCH3 is 2. The van der Waals surface area contributed by atoms with Gasteiger partial charge in [-0.05, 0) is 85.8 Å². The molecule has 3 aromatic rings. The van der Waals surface area contributed by atoms with Crippen LogP contribution in [0.2, 0.25) is 0 Å². The molecule has 1 aromatic heterocycles. The van der Waals surface area contributed by atoms with Gasteiger partial charge in [-0.15, -0.1) is 0 Å². The maximum Gasteiger partial charge on any atom is 0.407 e. The van der Waals surface area contributed by atoms with Crippen molar-refractivity contribution < 1.29 is 33.4 Å². The summed E-state index contributed by atoms with van der Waals surface area (Å²) in [5.74, 6) is 2.12. The number of H-pyrrole nitrogens is 1. The zero-order valence-corrected chi connectivity index (χ0v) is 35.5. The molecule has 8 rings (SSSR count). The molecule has 1 saturated carbocycles. The number of amides is 4. The Morgan fingerprint density at radius 1 is 0.833 bits per heavy atom. The van der Waals surface area contributed by atoms with Crippen molar-refractivity contribution in [1.29, 1.82) is 0 Å². The number of imidazole rings is 1. The molecular formula is C46H57N7O7. The molecule has 4 aliphatic heterocycles. The zero-order valence-electron chi connectivity index (χ0n) is 35.5. The molecule has 14 heteroatoms. The molecule has 4 amide bonds. The largest absolute Gasteiger partial charge is 0.457 e. The van der Waals surface area contributed by atoms with E-state index in [1.54, 1.807) is 0 Å². The fourth-order valence-electron chi connectivity index (χ4n) is 9.56. The van der Waals surface area contributed by atoms with Crippen molar-refractivity contribution in [3.63, 3.8) is 0 Å². The SMILES string of the molecule is CC[C@H](C)[C@H](NC(=O)OC)C(=O)N1CCC[C@H]1C1=NC=C(c2ccc3c(c2)Oc2ccc(-c4cnc([C@@H]5CCCN5C(=O)[C@@H](NC(=O)OC)[C@@H](C)CC)[nH]4)cc2C32CC2)C1. The number of aliphatic imine (C=N–C) groups is 1. The lowest BCUT2D eigenvalue weighted by molar-refractivity contribution is -0.136. The van der Waals surface area contributed by atoms with Crippen LogP contribution in [0, 0.1) is 11.8 Å². The predicted octanol–water partition coefficient (Wildman–Crippen LogP) is 7.64. The fraction of sp³-hybridized carbons (Fsp3) is 0.522. The van der Waals surface area contributed by atoms with Crippen LogP contribution in [-0.4, -0.2) is 94.9 Å². The molecule has 6 atom stereocenters. The lowest BCUT2D eigenvalue weighted by atomic mass is 9.83. The van der Waals surface area contributed by atoms with E-state index in [4.69, 9.17) is 24.2 Å². The third kappa shape index (κ3) is 7.53. The van der Waals surface area contributed by atoms with Crippen LogP contribution >= 0.6 is 0 Å². The Morgan fingerprint density at radius 3 is 2.07 bits per heavy atom. The van der Waals surface area contributed by atoms with Crippen LogP contribution in [0.25, 0.3) is 16.8 Å². The van der Waals surface area contributed by atoms with Crippen molar-refractivity contribution in [3.8, 4) is 22.8 Å². The minimum absolute atomic E-state index is 0.0448. The molecule has 318 valence electrons. The van der Waals surface area contributed by atoms with Gasteiger partial charge >= 0.3 is 12.2 Å². The highest BCUT2D eigenvalue weighted by atomic mass is 16.5. The monoisotopic (exact) mass is 819 g/mol. The Balaban J connectivity index is 0.961. The lowest BCUT2D eigenvalue weighted by Gasteiger charge is -2.31. The molecule has 60 heavy (non-hydrogen) atoms. The first-order chi connectivity index (χ1) is 29.0. The first kappa shape index (κ1) is 41.1. The average Bonchev–Trinajstić information content (AvgIpc) is 3.84. The molecule has 0 radical (unpaired) electrons. The summed E-state index contributed by atoms with van der Waals surface area (Å²) in [4.78, 5) is 68.9. The summed E-state index contributed by atoms with van der Waals surface area (Å²) in [6, 6.07) is 11.1. The topological polar surface area (TPSA) is 168 Å². The summed E-state index contributed by atoms with van der Waals surface area (Å²) in [6.07, 6.45) is 10.1. The first-order valence-corrected chi connectivity index (χ1v) is 21.6. The summed E-state index contributed by atoms with van der Waals surface area (Å²) in [7, 11) is 2.62. The number of carbonyl (C=O) groups excluding carboxylic acids is 4. The van der Waals surface area contributed by atoms with Gasteiger partial charge in [-0.2, -0.15) is 0 Å². The number of aromatic amines is 1. The molecule has 3 fully saturated rings. The van der Waals surface area contributed by atoms with Crippen molar-refractivity contribution >= 4 is 35.3 Å². The molecule has 0 bridgehead atoms. The van der Waals surface area contributed by atoms with Gasteiger partial charge in [0.15, 0.2) is 0 Å². The number of hydrogen-bond donors (Lipinski definition) is 3. The Hall–Kier alpha value is -5.66. The Morgan fingerprint density at radius 2 is 1.45 bits per heavy atom. The Bertz CT molecular complexity index is 2230. The van der Waals surface area contributed by atoms with E-state index in [2.05, 4.69) is 45.9 Å². The van der Waals surface area contributed by atoms with Gasteiger partial charge in [0.05, 0.1) is 38.2 Å². The molecule has 3 N–H and O–H groups in total. The Kier molecular flexibility index (Phi) is 11.5. The van der Waals surface area contributed by atoms with E-state index in [-0.39, 0.29) is 41.1 Å². The summed E-state index contributed by atoms with van der Waals surface area (Å²) >= 11 is 0. The first-order valence-electron chi connectivity index (χ1n) is 21.6. The smallest absolute Gasteiger partial charge is 0.407 e. The number of ether oxygens (including phenoxy) is 3. The number of fused-ring (bicyclic) bond motifs is 4. The van der Waals surface area contributed by atoms with Crippen LogP contribution in [0.15, 0.2) is 53.8 Å². The maximum absolute atomic E-state index is 13.9. The van der Waals surface area contributed by atoms with Crippen LogP contribution in [0.1, 0.15) is 114 Å². The van der Waals surface area contributed by atoms with Gasteiger partial charge in [0, 0.05) is 53.5 Å². The molecule has 1 aliphatic carbocycles. The molecule has 14 nitrogen and oxygen atoms in total. The molecule has 2 aromatic carbocycles. The van der Waals surface area contributed by atoms with Crippen LogP contribution in [0.4, 0.5) is 9.59 Å². The summed E-state index contributed by atoms with van der Waals surface area (Å²) < 4.78 is 16.3. The third-order valence-corrected chi connectivity index (χ3v) is 13.6. The van der Waals surface area contributed by atoms with E-state index in [0.717, 1.165) is 102 Å². The number of benzene rings is 2. The van der Waals surface area contributed by atoms with Crippen LogP contribution in [0.3, 0.4) is 0 Å². The lowest BCUT2D eigenvalue weighted by Crippen LogP contribution is -2.54. The van der Waals surface area contributed by atoms with Gasteiger partial charge in [0.2, 0.25) is 11.8 Å². The zero-order chi connectivity index (χ0) is 42.3. The second-order valence-electron chi connectivity index (χ2n) is 17.1. The Labute approximate surface area is 351 Å². The van der Waals surface area contributed by atoms with E-state index in [0.29, 0.717) is 19.5 Å². The van der Waals surface area contributed by atoms with Crippen molar-refractivity contribution in [1.82, 2.24) is 30.4 Å². The second-order valence-corrected chi connectivity index (χ2v) is 17.1. The van der Waals surface area contributed by atoms with Gasteiger partial charge in [-0.1, -0.05) is 52.7 Å². The van der Waals surface area contributed by atoms with Crippen LogP contribution < -0.4 is 15.4 Å². The molecule has 2 saturated heterocycles. The predicted molar refractivity (Wildman–Crippen MR) is 227 cm³/mol. The highest BCUT2D eigenvalue weighted by Crippen LogP contribution is 2.62. The van der Waals surface area contributed by atoms with Gasteiger partial charge in [-0.25, -0.2) is 14.6 Å². The standard InChI is InChI=1S/C46H57N7O7/c1-7-26(3)39(50-44(56)58-5)42(54)52-19-9-11-35(52)33-22-30(24-47-33)28-13-15-31-38(23-28)60-37-16-14-29(21-32(37)46(31)17-18-46)34-25-48-41(49-34)36-12-10-20-53(36)43(55)40(27(4)8-2)51-45(57)59-6/h13-16,21,23-27,35-36,39-40H,7-12,17-20,22H2,1-6H3,(H,48,49)(H,50,56)(H,51,57)/t26-,27-,35-,36-,39-,40-/m0/s1. The normalized spacial score (nSPS) is 21.8. The minimum atomic E-state index is -0.681. The van der Waals surface area contributed by atoms with Crippen molar-refractivity contribution in [2.24, 2.45) is 16.8 Å². The van der Waals surface area contributed by atoms with E-state index in [9.17, 15) is 19.2 Å². The number of rotatable bonds is 12. The third-order valence-electron chi connectivity index (χ3n) is 13.6. The number of likely N-dealkylation sites (tertiary alicyclic amines) is 2.